The fourth-order valence-electron chi connectivity index (χ4n) is 7.50. The number of halogens is 3. The Bertz CT molecular complexity index is 3040. The lowest BCUT2D eigenvalue weighted by Crippen LogP contribution is -2.41. The van der Waals surface area contributed by atoms with Crippen LogP contribution >= 0.6 is 11.6 Å². The van der Waals surface area contributed by atoms with Gasteiger partial charge in [0.05, 0.1) is 45.5 Å². The van der Waals surface area contributed by atoms with Crippen LogP contribution in [0.4, 0.5) is 14.6 Å². The number of ether oxygens (including phenoxy) is 2. The van der Waals surface area contributed by atoms with Gasteiger partial charge in [-0.2, -0.15) is 0 Å². The summed E-state index contributed by atoms with van der Waals surface area (Å²) in [5.74, 6) is -0.705. The van der Waals surface area contributed by atoms with E-state index in [-0.39, 0.29) is 43.4 Å². The van der Waals surface area contributed by atoms with Crippen LogP contribution in [-0.2, 0) is 20.0 Å². The molecule has 1 aliphatic rings. The molecule has 6 aromatic rings. The largest absolute Gasteiger partial charge is 0.493 e. The molecule has 2 N–H and O–H groups in total. The summed E-state index contributed by atoms with van der Waals surface area (Å²) in [6.07, 6.45) is 0.870. The number of sulfonamides is 2. The van der Waals surface area contributed by atoms with E-state index >= 15 is 0 Å². The van der Waals surface area contributed by atoms with E-state index in [2.05, 4.69) is 30.5 Å². The Hall–Kier alpha value is -6.43. The van der Waals surface area contributed by atoms with Crippen molar-refractivity contribution in [2.75, 3.05) is 24.7 Å². The standard InChI is InChI=1S/C29H34FN3O4S.C22H20ClFN2O4S/c1-19(2)18-37-23-14-21(13-22(30)15-23)26-12-11-25(27(31-26)33-17-20(3)16-29(33,4)5)28(34)32-38(35,36)24-9-7-6-8-10-24;1-14(2)13-30-17-11-15(10-16(24)12-17)20-9-8-19(21(23)25-20)22(27)26-31(28,29)18-6-4-3-5-7-18/h6-15,19-20H,16-18H2,1-5H3,(H,32,34);3-12,14H,13H2,1-2H3,(H,26,27)/t20-;/m0./s1. The molecule has 1 saturated heterocycles. The number of aromatic nitrogens is 2. The molecular formula is C51H54ClF2N5O8S2. The van der Waals surface area contributed by atoms with Crippen LogP contribution in [0.25, 0.3) is 22.5 Å². The first-order valence-electron chi connectivity index (χ1n) is 22.1. The zero-order valence-electron chi connectivity index (χ0n) is 39.2. The van der Waals surface area contributed by atoms with E-state index in [4.69, 9.17) is 26.1 Å². The smallest absolute Gasteiger partial charge is 0.268 e. The molecule has 0 aliphatic carbocycles. The highest BCUT2D eigenvalue weighted by Crippen LogP contribution is 2.39. The first-order chi connectivity index (χ1) is 32.5. The summed E-state index contributed by atoms with van der Waals surface area (Å²) in [4.78, 5) is 36.7. The lowest BCUT2D eigenvalue weighted by Gasteiger charge is -2.34. The maximum Gasteiger partial charge on any atom is 0.268 e. The number of amides is 2. The van der Waals surface area contributed by atoms with Gasteiger partial charge in [0.1, 0.15) is 34.1 Å². The molecule has 2 aromatic heterocycles. The number of nitrogens with one attached hydrogen (secondary N) is 2. The van der Waals surface area contributed by atoms with Crippen LogP contribution in [0.3, 0.4) is 0 Å². The molecular weight excluding hydrogens is 948 g/mol. The van der Waals surface area contributed by atoms with Gasteiger partial charge in [-0.05, 0) is 111 Å². The number of anilines is 1. The van der Waals surface area contributed by atoms with E-state index in [0.29, 0.717) is 65.5 Å². The number of nitrogens with zero attached hydrogens (tertiary/aromatic N) is 3. The summed E-state index contributed by atoms with van der Waals surface area (Å²) in [6, 6.07) is 29.7. The van der Waals surface area contributed by atoms with E-state index in [1.54, 1.807) is 60.7 Å². The molecule has 1 fully saturated rings. The van der Waals surface area contributed by atoms with Crippen molar-refractivity contribution in [2.45, 2.75) is 70.2 Å². The molecule has 7 rings (SSSR count). The van der Waals surface area contributed by atoms with Gasteiger partial charge in [-0.25, -0.2) is 45.0 Å². The lowest BCUT2D eigenvalue weighted by atomic mass is 9.97. The topological polar surface area (TPSA) is 174 Å². The van der Waals surface area contributed by atoms with Gasteiger partial charge >= 0.3 is 0 Å². The van der Waals surface area contributed by atoms with Gasteiger partial charge < -0.3 is 14.4 Å². The summed E-state index contributed by atoms with van der Waals surface area (Å²) in [5.41, 5.74) is 1.34. The number of benzene rings is 4. The minimum Gasteiger partial charge on any atom is -0.493 e. The second-order valence-electron chi connectivity index (χ2n) is 18.1. The number of hydrogen-bond acceptors (Lipinski definition) is 11. The van der Waals surface area contributed by atoms with Gasteiger partial charge in [-0.15, -0.1) is 0 Å². The highest BCUT2D eigenvalue weighted by atomic mass is 35.5. The quantitative estimate of drug-likeness (QED) is 0.0937. The average molecular weight is 1000 g/mol. The Balaban J connectivity index is 0.000000232. The maximum absolute atomic E-state index is 14.5. The zero-order valence-corrected chi connectivity index (χ0v) is 41.6. The van der Waals surface area contributed by atoms with Crippen molar-refractivity contribution < 1.29 is 44.7 Å². The average Bonchev–Trinajstić information content (AvgIpc) is 3.58. The Morgan fingerprint density at radius 2 is 1.12 bits per heavy atom. The van der Waals surface area contributed by atoms with Crippen LogP contribution < -0.4 is 23.8 Å². The summed E-state index contributed by atoms with van der Waals surface area (Å²) in [5, 5.41) is -0.216. The molecule has 1 atom stereocenters. The van der Waals surface area contributed by atoms with Crippen LogP contribution in [0.1, 0.15) is 75.6 Å². The third kappa shape index (κ3) is 13.6. The van der Waals surface area contributed by atoms with Crippen LogP contribution in [0.15, 0.2) is 131 Å². The van der Waals surface area contributed by atoms with Crippen molar-refractivity contribution in [3.05, 3.63) is 149 Å². The van der Waals surface area contributed by atoms with Crippen LogP contribution in [-0.4, -0.2) is 63.9 Å². The van der Waals surface area contributed by atoms with E-state index in [0.717, 1.165) is 6.42 Å². The molecule has 3 heterocycles. The number of rotatable bonds is 15. The Kier molecular flexibility index (Phi) is 16.5. The van der Waals surface area contributed by atoms with Crippen molar-refractivity contribution in [1.82, 2.24) is 19.4 Å². The minimum absolute atomic E-state index is 0.0108. The molecule has 1 aliphatic heterocycles. The summed E-state index contributed by atoms with van der Waals surface area (Å²) in [7, 11) is -8.15. The van der Waals surface area contributed by atoms with Gasteiger partial charge in [0.15, 0.2) is 0 Å². The molecule has 0 bridgehead atoms. The van der Waals surface area contributed by atoms with Crippen LogP contribution in [0, 0.1) is 29.4 Å². The molecule has 0 radical (unpaired) electrons. The molecule has 2 amide bonds. The summed E-state index contributed by atoms with van der Waals surface area (Å²) >= 11 is 6.14. The van der Waals surface area contributed by atoms with Crippen LogP contribution in [0.2, 0.25) is 5.15 Å². The lowest BCUT2D eigenvalue weighted by molar-refractivity contribution is 0.0972. The summed E-state index contributed by atoms with van der Waals surface area (Å²) < 4.78 is 94.4. The Labute approximate surface area is 407 Å². The number of carbonyl (C=O) groups is 2. The molecule has 0 spiro atoms. The third-order valence-electron chi connectivity index (χ3n) is 10.6. The van der Waals surface area contributed by atoms with Crippen LogP contribution in [0.5, 0.6) is 11.5 Å². The van der Waals surface area contributed by atoms with Crippen molar-refractivity contribution in [1.29, 1.82) is 0 Å². The highest BCUT2D eigenvalue weighted by Gasteiger charge is 2.39. The van der Waals surface area contributed by atoms with E-state index in [1.807, 2.05) is 37.3 Å². The number of hydrogen-bond donors (Lipinski definition) is 2. The van der Waals surface area contributed by atoms with Crippen molar-refractivity contribution >= 4 is 49.3 Å². The second-order valence-corrected chi connectivity index (χ2v) is 21.8. The molecule has 0 unspecified atom stereocenters. The number of carbonyl (C=O) groups excluding carboxylic acids is 2. The predicted molar refractivity (Wildman–Crippen MR) is 262 cm³/mol. The Morgan fingerprint density at radius 3 is 1.54 bits per heavy atom. The van der Waals surface area contributed by atoms with Crippen molar-refractivity contribution in [2.24, 2.45) is 17.8 Å². The monoisotopic (exact) mass is 1000 g/mol. The van der Waals surface area contributed by atoms with E-state index < -0.39 is 43.5 Å². The highest BCUT2D eigenvalue weighted by molar-refractivity contribution is 7.90. The second kappa shape index (κ2) is 21.9. The fraction of sp³-hybridized carbons (Fsp3) is 0.294. The van der Waals surface area contributed by atoms with Crippen molar-refractivity contribution in [3.8, 4) is 34.0 Å². The minimum atomic E-state index is -4.09. The predicted octanol–water partition coefficient (Wildman–Crippen LogP) is 10.4. The van der Waals surface area contributed by atoms with Gasteiger partial charge in [0.2, 0.25) is 0 Å². The van der Waals surface area contributed by atoms with Gasteiger partial charge in [0, 0.05) is 35.3 Å². The first-order valence-corrected chi connectivity index (χ1v) is 25.4. The molecule has 4 aromatic carbocycles. The Morgan fingerprint density at radius 1 is 0.681 bits per heavy atom. The molecule has 13 nitrogen and oxygen atoms in total. The zero-order chi connectivity index (χ0) is 50.3. The summed E-state index contributed by atoms with van der Waals surface area (Å²) in [6.45, 7) is 15.7. The van der Waals surface area contributed by atoms with E-state index in [9.17, 15) is 35.2 Å². The van der Waals surface area contributed by atoms with Gasteiger partial charge in [0.25, 0.3) is 31.9 Å². The normalized spacial score (nSPS) is 14.5. The fourth-order valence-corrected chi connectivity index (χ4v) is 9.72. The molecule has 364 valence electrons. The third-order valence-corrected chi connectivity index (χ3v) is 13.6. The van der Waals surface area contributed by atoms with Gasteiger partial charge in [-0.1, -0.05) is 82.6 Å². The molecule has 69 heavy (non-hydrogen) atoms. The maximum atomic E-state index is 14.5. The number of pyridine rings is 2. The SMILES string of the molecule is CC(C)COc1cc(F)cc(-c2ccc(C(=O)NS(=O)(=O)c3ccccc3)c(Cl)n2)c1.CC(C)COc1cc(F)cc(-c2ccc(C(=O)NS(=O)(=O)c3ccccc3)c(N3C[C@@H](C)CC3(C)C)n2)c1. The van der Waals surface area contributed by atoms with Gasteiger partial charge in [-0.3, -0.25) is 9.59 Å². The molecule has 0 saturated carbocycles. The first kappa shape index (κ1) is 52.0. The van der Waals surface area contributed by atoms with E-state index in [1.165, 1.54) is 60.7 Å². The molecule has 18 heteroatoms. The van der Waals surface area contributed by atoms with Crippen molar-refractivity contribution in [3.63, 3.8) is 0 Å².